The van der Waals surface area contributed by atoms with Crippen LogP contribution in [-0.2, 0) is 11.3 Å². The molecule has 0 aliphatic heterocycles. The summed E-state index contributed by atoms with van der Waals surface area (Å²) in [6, 6.07) is 9.51. The number of aliphatic carboxylic acids is 1. The number of rotatable bonds is 5. The SMILES string of the molecule is O=C(O)[C@H](NCc1ccccc1)C1CC1. The van der Waals surface area contributed by atoms with Crippen molar-refractivity contribution in [1.29, 1.82) is 0 Å². The van der Waals surface area contributed by atoms with E-state index in [-0.39, 0.29) is 6.04 Å². The lowest BCUT2D eigenvalue weighted by molar-refractivity contribution is -0.140. The second-order valence-corrected chi connectivity index (χ2v) is 4.02. The first-order chi connectivity index (χ1) is 7.27. The number of carboxylic acid groups (broad SMARTS) is 1. The standard InChI is InChI=1S/C12H15NO2/c14-12(15)11(10-6-7-10)13-8-9-4-2-1-3-5-9/h1-5,10-11,13H,6-8H2,(H,14,15)/t11-/m1/s1. The van der Waals surface area contributed by atoms with Gasteiger partial charge >= 0.3 is 5.97 Å². The lowest BCUT2D eigenvalue weighted by Crippen LogP contribution is -2.37. The van der Waals surface area contributed by atoms with Crippen molar-refractivity contribution in [3.05, 3.63) is 35.9 Å². The molecule has 15 heavy (non-hydrogen) atoms. The molecule has 0 bridgehead atoms. The van der Waals surface area contributed by atoms with Gasteiger partial charge in [0.05, 0.1) is 0 Å². The van der Waals surface area contributed by atoms with Crippen LogP contribution >= 0.6 is 0 Å². The zero-order valence-electron chi connectivity index (χ0n) is 8.52. The van der Waals surface area contributed by atoms with E-state index in [1.54, 1.807) is 0 Å². The van der Waals surface area contributed by atoms with E-state index < -0.39 is 5.97 Å². The monoisotopic (exact) mass is 205 g/mol. The highest BCUT2D eigenvalue weighted by Gasteiger charge is 2.35. The van der Waals surface area contributed by atoms with Crippen LogP contribution in [0.3, 0.4) is 0 Å². The van der Waals surface area contributed by atoms with Crippen LogP contribution in [0.25, 0.3) is 0 Å². The summed E-state index contributed by atoms with van der Waals surface area (Å²) in [4.78, 5) is 10.9. The fraction of sp³-hybridized carbons (Fsp3) is 0.417. The van der Waals surface area contributed by atoms with Gasteiger partial charge < -0.3 is 10.4 Å². The van der Waals surface area contributed by atoms with Crippen molar-refractivity contribution in [3.63, 3.8) is 0 Å². The zero-order chi connectivity index (χ0) is 10.7. The van der Waals surface area contributed by atoms with Crippen LogP contribution in [0.5, 0.6) is 0 Å². The van der Waals surface area contributed by atoms with Crippen LogP contribution in [0.1, 0.15) is 18.4 Å². The minimum absolute atomic E-state index is 0.339. The van der Waals surface area contributed by atoms with Crippen molar-refractivity contribution < 1.29 is 9.90 Å². The summed E-state index contributed by atoms with van der Waals surface area (Å²) >= 11 is 0. The van der Waals surface area contributed by atoms with Gasteiger partial charge in [0.2, 0.25) is 0 Å². The van der Waals surface area contributed by atoms with Crippen molar-refractivity contribution in [2.75, 3.05) is 0 Å². The van der Waals surface area contributed by atoms with Gasteiger partial charge in [-0.2, -0.15) is 0 Å². The average Bonchev–Trinajstić information content (AvgIpc) is 3.03. The van der Waals surface area contributed by atoms with Crippen LogP contribution in [0.15, 0.2) is 30.3 Å². The van der Waals surface area contributed by atoms with E-state index in [2.05, 4.69) is 5.32 Å². The molecule has 0 heterocycles. The lowest BCUT2D eigenvalue weighted by Gasteiger charge is -2.13. The third-order valence-corrected chi connectivity index (χ3v) is 2.73. The average molecular weight is 205 g/mol. The maximum absolute atomic E-state index is 10.9. The van der Waals surface area contributed by atoms with Crippen molar-refractivity contribution in [1.82, 2.24) is 5.32 Å². The molecule has 0 radical (unpaired) electrons. The Morgan fingerprint density at radius 2 is 2.07 bits per heavy atom. The Morgan fingerprint density at radius 1 is 1.40 bits per heavy atom. The van der Waals surface area contributed by atoms with Gasteiger partial charge in [0, 0.05) is 6.54 Å². The second-order valence-electron chi connectivity index (χ2n) is 4.02. The summed E-state index contributed by atoms with van der Waals surface area (Å²) in [5.41, 5.74) is 1.13. The Morgan fingerprint density at radius 3 is 2.60 bits per heavy atom. The van der Waals surface area contributed by atoms with Gasteiger partial charge in [-0.3, -0.25) is 4.79 Å². The molecule has 3 heteroatoms. The predicted molar refractivity (Wildman–Crippen MR) is 57.4 cm³/mol. The Labute approximate surface area is 89.1 Å². The molecule has 80 valence electrons. The second kappa shape index (κ2) is 4.45. The predicted octanol–water partition coefficient (Wildman–Crippen LogP) is 1.64. The summed E-state index contributed by atoms with van der Waals surface area (Å²) < 4.78 is 0. The van der Waals surface area contributed by atoms with E-state index in [9.17, 15) is 4.79 Å². The zero-order valence-corrected chi connectivity index (χ0v) is 8.52. The first-order valence-electron chi connectivity index (χ1n) is 5.27. The molecular formula is C12H15NO2. The van der Waals surface area contributed by atoms with Crippen molar-refractivity contribution in [2.24, 2.45) is 5.92 Å². The Bertz CT molecular complexity index is 333. The Balaban J connectivity index is 1.88. The number of hydrogen-bond acceptors (Lipinski definition) is 2. The molecule has 0 unspecified atom stereocenters. The molecular weight excluding hydrogens is 190 g/mol. The van der Waals surface area contributed by atoms with Gasteiger partial charge in [0.1, 0.15) is 6.04 Å². The molecule has 1 fully saturated rings. The van der Waals surface area contributed by atoms with E-state index >= 15 is 0 Å². The van der Waals surface area contributed by atoms with Crippen molar-refractivity contribution >= 4 is 5.97 Å². The summed E-state index contributed by atoms with van der Waals surface area (Å²) in [6.07, 6.45) is 2.08. The molecule has 0 spiro atoms. The Kier molecular flexibility index (Phi) is 3.02. The summed E-state index contributed by atoms with van der Waals surface area (Å²) in [6.45, 7) is 0.633. The normalized spacial score (nSPS) is 17.3. The minimum atomic E-state index is -0.728. The molecule has 1 aliphatic carbocycles. The smallest absolute Gasteiger partial charge is 0.320 e. The Hall–Kier alpha value is -1.35. The third kappa shape index (κ3) is 2.80. The molecule has 1 atom stereocenters. The highest BCUT2D eigenvalue weighted by atomic mass is 16.4. The van der Waals surface area contributed by atoms with Crippen LogP contribution < -0.4 is 5.32 Å². The molecule has 1 saturated carbocycles. The van der Waals surface area contributed by atoms with Gasteiger partial charge in [0.25, 0.3) is 0 Å². The van der Waals surface area contributed by atoms with E-state index in [1.165, 1.54) is 0 Å². The topological polar surface area (TPSA) is 49.3 Å². The quantitative estimate of drug-likeness (QED) is 0.768. The molecule has 1 aromatic rings. The lowest BCUT2D eigenvalue weighted by atomic mass is 10.1. The van der Waals surface area contributed by atoms with Gasteiger partial charge in [-0.05, 0) is 24.3 Å². The molecule has 1 aromatic carbocycles. The van der Waals surface area contributed by atoms with Gasteiger partial charge in [-0.25, -0.2) is 0 Å². The molecule has 2 rings (SSSR count). The molecule has 0 aromatic heterocycles. The highest BCUT2D eigenvalue weighted by Crippen LogP contribution is 2.32. The molecule has 0 amide bonds. The van der Waals surface area contributed by atoms with Gasteiger partial charge in [-0.15, -0.1) is 0 Å². The van der Waals surface area contributed by atoms with Crippen LogP contribution in [0.2, 0.25) is 0 Å². The summed E-state index contributed by atoms with van der Waals surface area (Å²) in [5, 5.41) is 12.1. The van der Waals surface area contributed by atoms with E-state index in [4.69, 9.17) is 5.11 Å². The minimum Gasteiger partial charge on any atom is -0.480 e. The number of carboxylic acids is 1. The van der Waals surface area contributed by atoms with Crippen molar-refractivity contribution in [3.8, 4) is 0 Å². The fourth-order valence-electron chi connectivity index (χ4n) is 1.71. The maximum Gasteiger partial charge on any atom is 0.320 e. The van der Waals surface area contributed by atoms with Crippen LogP contribution in [0.4, 0.5) is 0 Å². The summed E-state index contributed by atoms with van der Waals surface area (Å²) in [5.74, 6) is -0.389. The third-order valence-electron chi connectivity index (χ3n) is 2.73. The molecule has 1 aliphatic rings. The number of benzene rings is 1. The van der Waals surface area contributed by atoms with Gasteiger partial charge in [-0.1, -0.05) is 30.3 Å². The molecule has 3 nitrogen and oxygen atoms in total. The first kappa shape index (κ1) is 10.2. The first-order valence-corrected chi connectivity index (χ1v) is 5.27. The fourth-order valence-corrected chi connectivity index (χ4v) is 1.71. The number of carbonyl (C=O) groups is 1. The molecule has 0 saturated heterocycles. The van der Waals surface area contributed by atoms with E-state index in [1.807, 2.05) is 30.3 Å². The summed E-state index contributed by atoms with van der Waals surface area (Å²) in [7, 11) is 0. The van der Waals surface area contributed by atoms with Crippen LogP contribution in [-0.4, -0.2) is 17.1 Å². The van der Waals surface area contributed by atoms with Crippen LogP contribution in [0, 0.1) is 5.92 Å². The van der Waals surface area contributed by atoms with E-state index in [0.29, 0.717) is 12.5 Å². The van der Waals surface area contributed by atoms with Crippen molar-refractivity contribution in [2.45, 2.75) is 25.4 Å². The number of nitrogens with one attached hydrogen (secondary N) is 1. The van der Waals surface area contributed by atoms with E-state index in [0.717, 1.165) is 18.4 Å². The highest BCUT2D eigenvalue weighted by molar-refractivity contribution is 5.74. The molecule has 2 N–H and O–H groups in total. The van der Waals surface area contributed by atoms with Gasteiger partial charge in [0.15, 0.2) is 0 Å². The largest absolute Gasteiger partial charge is 0.480 e. The number of hydrogen-bond donors (Lipinski definition) is 2. The maximum atomic E-state index is 10.9.